The van der Waals surface area contributed by atoms with Gasteiger partial charge in [0.05, 0.1) is 5.69 Å². The van der Waals surface area contributed by atoms with Crippen LogP contribution in [-0.2, 0) is 4.79 Å². The number of rotatable bonds is 4. The van der Waals surface area contributed by atoms with Gasteiger partial charge in [-0.15, -0.1) is 0 Å². The van der Waals surface area contributed by atoms with E-state index in [0.717, 1.165) is 25.8 Å². The van der Waals surface area contributed by atoms with Crippen molar-refractivity contribution < 1.29 is 9.53 Å². The molecule has 1 saturated heterocycles. The number of anilines is 1. The molecule has 0 bridgehead atoms. The number of ether oxygens (including phenoxy) is 1. The molecule has 4 nitrogen and oxygen atoms in total. The Morgan fingerprint density at radius 3 is 3.05 bits per heavy atom. The third-order valence-corrected chi connectivity index (χ3v) is 4.18. The molecule has 5 heteroatoms. The standard InChI is InChI=1S/C15H19ClN2O2/c16-10-6-7-13-12(9-10)18-15(19)14(20-13)5-1-3-11-4-2-8-17-11/h6-7,9,11,14,17H,1-5,8H2,(H,18,19)/t11-,14?/m1/s1. The van der Waals surface area contributed by atoms with Gasteiger partial charge in [-0.2, -0.15) is 0 Å². The highest BCUT2D eigenvalue weighted by Gasteiger charge is 2.27. The molecule has 1 amide bonds. The summed E-state index contributed by atoms with van der Waals surface area (Å²) in [4.78, 5) is 12.0. The topological polar surface area (TPSA) is 50.4 Å². The van der Waals surface area contributed by atoms with Crippen LogP contribution in [0.3, 0.4) is 0 Å². The molecule has 108 valence electrons. The van der Waals surface area contributed by atoms with E-state index in [-0.39, 0.29) is 12.0 Å². The van der Waals surface area contributed by atoms with Crippen molar-refractivity contribution in [3.63, 3.8) is 0 Å². The second-order valence-corrected chi connectivity index (χ2v) is 5.90. The zero-order valence-electron chi connectivity index (χ0n) is 11.3. The first-order chi connectivity index (χ1) is 9.72. The molecule has 3 rings (SSSR count). The fourth-order valence-electron chi connectivity index (χ4n) is 2.87. The van der Waals surface area contributed by atoms with Gasteiger partial charge in [0.15, 0.2) is 6.10 Å². The van der Waals surface area contributed by atoms with Crippen molar-refractivity contribution in [2.75, 3.05) is 11.9 Å². The molecule has 0 aromatic heterocycles. The lowest BCUT2D eigenvalue weighted by Crippen LogP contribution is -2.37. The molecule has 20 heavy (non-hydrogen) atoms. The minimum absolute atomic E-state index is 0.0702. The average Bonchev–Trinajstić information content (AvgIpc) is 2.93. The van der Waals surface area contributed by atoms with Crippen molar-refractivity contribution in [2.24, 2.45) is 0 Å². The molecule has 2 atom stereocenters. The quantitative estimate of drug-likeness (QED) is 0.897. The van der Waals surface area contributed by atoms with Crippen molar-refractivity contribution in [1.82, 2.24) is 5.32 Å². The molecule has 1 fully saturated rings. The van der Waals surface area contributed by atoms with Gasteiger partial charge in [-0.25, -0.2) is 0 Å². The van der Waals surface area contributed by atoms with Crippen LogP contribution in [0.25, 0.3) is 0 Å². The Morgan fingerprint density at radius 2 is 2.25 bits per heavy atom. The van der Waals surface area contributed by atoms with Gasteiger partial charge < -0.3 is 15.4 Å². The molecule has 0 spiro atoms. The second kappa shape index (κ2) is 6.02. The Kier molecular flexibility index (Phi) is 4.13. The zero-order chi connectivity index (χ0) is 13.9. The van der Waals surface area contributed by atoms with Gasteiger partial charge in [-0.1, -0.05) is 11.6 Å². The van der Waals surface area contributed by atoms with Gasteiger partial charge in [-0.3, -0.25) is 4.79 Å². The van der Waals surface area contributed by atoms with Crippen LogP contribution in [0.2, 0.25) is 5.02 Å². The van der Waals surface area contributed by atoms with Gasteiger partial charge in [0, 0.05) is 11.1 Å². The second-order valence-electron chi connectivity index (χ2n) is 5.46. The first-order valence-corrected chi connectivity index (χ1v) is 7.60. The number of carbonyl (C=O) groups is 1. The number of amides is 1. The van der Waals surface area contributed by atoms with E-state index in [1.165, 1.54) is 12.8 Å². The summed E-state index contributed by atoms with van der Waals surface area (Å²) in [6.07, 6.45) is 4.99. The normalized spacial score (nSPS) is 24.9. The summed E-state index contributed by atoms with van der Waals surface area (Å²) in [5, 5.41) is 6.93. The molecule has 0 aliphatic carbocycles. The van der Waals surface area contributed by atoms with Crippen LogP contribution in [0.1, 0.15) is 32.1 Å². The minimum Gasteiger partial charge on any atom is -0.478 e. The predicted molar refractivity (Wildman–Crippen MR) is 79.4 cm³/mol. The molecule has 2 aliphatic heterocycles. The molecular formula is C15H19ClN2O2. The molecule has 2 N–H and O–H groups in total. The third kappa shape index (κ3) is 3.07. The molecule has 1 unspecified atom stereocenters. The first-order valence-electron chi connectivity index (χ1n) is 7.23. The maximum absolute atomic E-state index is 12.0. The summed E-state index contributed by atoms with van der Waals surface area (Å²) in [6.45, 7) is 1.12. The number of halogens is 1. The Morgan fingerprint density at radius 1 is 1.35 bits per heavy atom. The van der Waals surface area contributed by atoms with E-state index >= 15 is 0 Å². The summed E-state index contributed by atoms with van der Waals surface area (Å²) < 4.78 is 5.77. The Balaban J connectivity index is 1.55. The molecule has 2 heterocycles. The lowest BCUT2D eigenvalue weighted by atomic mass is 10.0. The lowest BCUT2D eigenvalue weighted by Gasteiger charge is -2.26. The number of benzene rings is 1. The van der Waals surface area contributed by atoms with Gasteiger partial charge in [0.25, 0.3) is 5.91 Å². The van der Waals surface area contributed by atoms with Gasteiger partial charge in [-0.05, 0) is 56.8 Å². The monoisotopic (exact) mass is 294 g/mol. The third-order valence-electron chi connectivity index (χ3n) is 3.94. The van der Waals surface area contributed by atoms with Gasteiger partial charge in [0.1, 0.15) is 5.75 Å². The van der Waals surface area contributed by atoms with Gasteiger partial charge in [0.2, 0.25) is 0 Å². The molecule has 2 aliphatic rings. The molecule has 1 aromatic rings. The van der Waals surface area contributed by atoms with E-state index in [9.17, 15) is 4.79 Å². The van der Waals surface area contributed by atoms with Crippen molar-refractivity contribution >= 4 is 23.2 Å². The van der Waals surface area contributed by atoms with Crippen molar-refractivity contribution in [1.29, 1.82) is 0 Å². The van der Waals surface area contributed by atoms with Crippen molar-refractivity contribution in [3.8, 4) is 5.75 Å². The zero-order valence-corrected chi connectivity index (χ0v) is 12.1. The Hall–Kier alpha value is -1.26. The number of fused-ring (bicyclic) bond motifs is 1. The lowest BCUT2D eigenvalue weighted by molar-refractivity contribution is -0.123. The van der Waals surface area contributed by atoms with E-state index in [1.54, 1.807) is 12.1 Å². The van der Waals surface area contributed by atoms with Crippen molar-refractivity contribution in [3.05, 3.63) is 23.2 Å². The summed E-state index contributed by atoms with van der Waals surface area (Å²) in [5.74, 6) is 0.636. The Bertz CT molecular complexity index is 501. The summed E-state index contributed by atoms with van der Waals surface area (Å²) in [6, 6.07) is 5.92. The molecular weight excluding hydrogens is 276 g/mol. The van der Waals surface area contributed by atoms with Crippen molar-refractivity contribution in [2.45, 2.75) is 44.2 Å². The number of hydrogen-bond acceptors (Lipinski definition) is 3. The first kappa shape index (κ1) is 13.7. The number of carbonyl (C=O) groups excluding carboxylic acids is 1. The van der Waals surface area contributed by atoms with Crippen LogP contribution in [0.4, 0.5) is 5.69 Å². The Labute approximate surface area is 123 Å². The maximum Gasteiger partial charge on any atom is 0.265 e. The fraction of sp³-hybridized carbons (Fsp3) is 0.533. The summed E-state index contributed by atoms with van der Waals surface area (Å²) in [5.41, 5.74) is 0.663. The van der Waals surface area contributed by atoms with E-state index in [0.29, 0.717) is 22.5 Å². The van der Waals surface area contributed by atoms with Crippen LogP contribution < -0.4 is 15.4 Å². The van der Waals surface area contributed by atoms with Crippen LogP contribution in [-0.4, -0.2) is 24.6 Å². The molecule has 0 saturated carbocycles. The molecule has 1 aromatic carbocycles. The van der Waals surface area contributed by atoms with E-state index in [2.05, 4.69) is 10.6 Å². The summed E-state index contributed by atoms with van der Waals surface area (Å²) in [7, 11) is 0. The highest BCUT2D eigenvalue weighted by atomic mass is 35.5. The highest BCUT2D eigenvalue weighted by molar-refractivity contribution is 6.31. The van der Waals surface area contributed by atoms with Crippen LogP contribution in [0, 0.1) is 0 Å². The van der Waals surface area contributed by atoms with E-state index in [4.69, 9.17) is 16.3 Å². The SMILES string of the molecule is O=C1Nc2cc(Cl)ccc2OC1CCC[C@@H]1CCCN1. The van der Waals surface area contributed by atoms with E-state index in [1.807, 2.05) is 6.07 Å². The number of hydrogen-bond donors (Lipinski definition) is 2. The average molecular weight is 295 g/mol. The number of nitrogens with one attached hydrogen (secondary N) is 2. The highest BCUT2D eigenvalue weighted by Crippen LogP contribution is 2.33. The predicted octanol–water partition coefficient (Wildman–Crippen LogP) is 2.96. The largest absolute Gasteiger partial charge is 0.478 e. The molecule has 0 radical (unpaired) electrons. The minimum atomic E-state index is -0.384. The van der Waals surface area contributed by atoms with Gasteiger partial charge >= 0.3 is 0 Å². The van der Waals surface area contributed by atoms with E-state index < -0.39 is 0 Å². The maximum atomic E-state index is 12.0. The van der Waals surface area contributed by atoms with Crippen LogP contribution in [0.15, 0.2) is 18.2 Å². The van der Waals surface area contributed by atoms with Crippen LogP contribution in [0.5, 0.6) is 5.75 Å². The smallest absolute Gasteiger partial charge is 0.265 e. The van der Waals surface area contributed by atoms with Crippen LogP contribution >= 0.6 is 11.6 Å². The summed E-state index contributed by atoms with van der Waals surface area (Å²) >= 11 is 5.90. The fourth-order valence-corrected chi connectivity index (χ4v) is 3.04.